The minimum Gasteiger partial charge on any atom is -0.460 e. The van der Waals surface area contributed by atoms with Crippen molar-refractivity contribution in [2.75, 3.05) is 0 Å². The number of aryl methyl sites for hydroxylation is 1. The van der Waals surface area contributed by atoms with Crippen molar-refractivity contribution in [1.29, 1.82) is 0 Å². The number of thiophene rings is 2. The van der Waals surface area contributed by atoms with Gasteiger partial charge < -0.3 is 4.42 Å². The van der Waals surface area contributed by atoms with Crippen molar-refractivity contribution >= 4 is 86.7 Å². The quantitative estimate of drug-likeness (QED) is 0.180. The Morgan fingerprint density at radius 1 is 0.655 bits per heavy atom. The molecule has 4 aromatic heterocycles. The van der Waals surface area contributed by atoms with Crippen LogP contribution in [-0.4, -0.2) is 15.0 Å². The van der Waals surface area contributed by atoms with Crippen LogP contribution in [0.4, 0.5) is 0 Å². The molecule has 0 amide bonds. The summed E-state index contributed by atoms with van der Waals surface area (Å²) < 4.78 is 10.9. The van der Waals surface area contributed by atoms with Gasteiger partial charge in [0, 0.05) is 63.7 Å². The fraction of sp³-hybridized carbons (Fsp3) is 0.122. The Hall–Kier alpha value is -5.95. The number of allylic oxidation sites excluding steroid dienone is 10. The van der Waals surface area contributed by atoms with Crippen LogP contribution >= 0.6 is 22.7 Å². The summed E-state index contributed by atoms with van der Waals surface area (Å²) in [5.41, 5.74) is 9.23. The van der Waals surface area contributed by atoms with Crippen LogP contribution in [0.25, 0.3) is 64.0 Å². The third-order valence-corrected chi connectivity index (χ3v) is 14.1. The highest BCUT2D eigenvalue weighted by Gasteiger charge is 2.34. The molecule has 4 aliphatic rings. The number of hydrogen-bond donors (Lipinski definition) is 0. The van der Waals surface area contributed by atoms with Gasteiger partial charge in [0.15, 0.2) is 17.5 Å². The Kier molecular flexibility index (Phi) is 7.01. The molecule has 4 aromatic carbocycles. The van der Waals surface area contributed by atoms with Gasteiger partial charge in [0.25, 0.3) is 0 Å². The summed E-state index contributed by atoms with van der Waals surface area (Å²) in [6.07, 6.45) is 21.6. The Bertz CT molecular complexity index is 3120. The number of aromatic nitrogens is 3. The van der Waals surface area contributed by atoms with E-state index in [0.29, 0.717) is 11.7 Å². The van der Waals surface area contributed by atoms with Crippen molar-refractivity contribution in [1.82, 2.24) is 15.0 Å². The van der Waals surface area contributed by atoms with Crippen molar-refractivity contribution in [2.45, 2.75) is 31.6 Å². The van der Waals surface area contributed by atoms with E-state index in [9.17, 15) is 0 Å². The molecular weight excluding hydrogens is 711 g/mol. The predicted molar refractivity (Wildman–Crippen MR) is 229 cm³/mol. The van der Waals surface area contributed by atoms with Gasteiger partial charge in [-0.2, -0.15) is 0 Å². The minimum atomic E-state index is 0.0483. The van der Waals surface area contributed by atoms with Crippen molar-refractivity contribution in [3.63, 3.8) is 0 Å². The van der Waals surface area contributed by atoms with E-state index in [0.717, 1.165) is 76.3 Å². The Morgan fingerprint density at radius 3 is 2.36 bits per heavy atom. The van der Waals surface area contributed by atoms with Crippen molar-refractivity contribution in [2.24, 2.45) is 5.92 Å². The van der Waals surface area contributed by atoms with Crippen LogP contribution in [0.2, 0.25) is 0 Å². The zero-order valence-electron chi connectivity index (χ0n) is 29.8. The average Bonchev–Trinajstić information content (AvgIpc) is 3.94. The van der Waals surface area contributed by atoms with E-state index in [4.69, 9.17) is 19.4 Å². The predicted octanol–water partition coefficient (Wildman–Crippen LogP) is 13.1. The standard InChI is InChI=1S/C49H33N3OS2/c1-2-13-30-28(11-1)12-9-18-35(30)48-50-47(29-23-24-32-31-14-4-7-20-40(31)55-43(32)27-29)51-49(52-48)38-26-25-34(46-45(38)36-15-3-6-19-39(36)53-46)33-17-10-22-42-44(33)37-16-5-8-21-41(37)54-42/h1-11,13-22,26-28,34H,12,23-25H2. The summed E-state index contributed by atoms with van der Waals surface area (Å²) in [4.78, 5) is 17.4. The van der Waals surface area contributed by atoms with E-state index in [1.54, 1.807) is 0 Å². The van der Waals surface area contributed by atoms with Gasteiger partial charge in [-0.05, 0) is 83.7 Å². The number of hydrogen-bond acceptors (Lipinski definition) is 6. The number of benzene rings is 4. The second-order valence-electron chi connectivity index (χ2n) is 14.8. The number of para-hydroxylation sites is 1. The maximum absolute atomic E-state index is 6.92. The summed E-state index contributed by atoms with van der Waals surface area (Å²) in [7, 11) is 0. The highest BCUT2D eigenvalue weighted by atomic mass is 32.1. The molecule has 6 heteroatoms. The van der Waals surface area contributed by atoms with Crippen LogP contribution in [0.5, 0.6) is 0 Å². The lowest BCUT2D eigenvalue weighted by atomic mass is 9.81. The van der Waals surface area contributed by atoms with Crippen LogP contribution in [0, 0.1) is 5.92 Å². The van der Waals surface area contributed by atoms with Gasteiger partial charge in [0.05, 0.1) is 0 Å². The topological polar surface area (TPSA) is 51.8 Å². The van der Waals surface area contributed by atoms with Crippen molar-refractivity contribution < 1.29 is 4.42 Å². The molecule has 0 spiro atoms. The minimum absolute atomic E-state index is 0.0483. The van der Waals surface area contributed by atoms with Gasteiger partial charge >= 0.3 is 0 Å². The molecule has 0 aliphatic heterocycles. The first-order valence-corrected chi connectivity index (χ1v) is 20.7. The van der Waals surface area contributed by atoms with Crippen molar-refractivity contribution in [3.05, 3.63) is 184 Å². The van der Waals surface area contributed by atoms with E-state index in [1.165, 1.54) is 51.8 Å². The molecule has 0 N–H and O–H groups in total. The first kappa shape index (κ1) is 31.4. The normalized spacial score (nSPS) is 18.9. The second kappa shape index (κ2) is 12.3. The smallest absolute Gasteiger partial charge is 0.164 e. The zero-order chi connectivity index (χ0) is 36.0. The first-order valence-electron chi connectivity index (χ1n) is 19.1. The Labute approximate surface area is 325 Å². The summed E-state index contributed by atoms with van der Waals surface area (Å²) in [6, 6.07) is 32.7. The molecule has 0 fully saturated rings. The van der Waals surface area contributed by atoms with Crippen LogP contribution in [0.15, 0.2) is 144 Å². The number of furan rings is 1. The summed E-state index contributed by atoms with van der Waals surface area (Å²) in [5, 5.41) is 5.09. The molecule has 2 unspecified atom stereocenters. The molecule has 2 atom stereocenters. The highest BCUT2D eigenvalue weighted by Crippen LogP contribution is 2.49. The summed E-state index contributed by atoms with van der Waals surface area (Å²) >= 11 is 3.73. The van der Waals surface area contributed by atoms with Crippen LogP contribution in [-0.2, 0) is 6.42 Å². The SMILES string of the molecule is C1=CC2=C(c3nc(C4=Cc5sc6ccccc6c5CC4)nc(C4=CCC(c5cccc6sc7ccccc7c56)c5oc6ccccc6c54)n3)C=CCC2C=C1. The number of rotatable bonds is 4. The van der Waals surface area contributed by atoms with E-state index in [1.807, 2.05) is 22.7 Å². The fourth-order valence-corrected chi connectivity index (χ4v) is 11.6. The third kappa shape index (κ3) is 4.91. The molecule has 0 saturated heterocycles. The van der Waals surface area contributed by atoms with Gasteiger partial charge in [-0.3, -0.25) is 0 Å². The van der Waals surface area contributed by atoms with Gasteiger partial charge in [0.2, 0.25) is 0 Å². The maximum atomic E-state index is 6.92. The summed E-state index contributed by atoms with van der Waals surface area (Å²) in [5.74, 6) is 3.54. The molecule has 0 saturated carbocycles. The second-order valence-corrected chi connectivity index (χ2v) is 17.0. The molecule has 262 valence electrons. The van der Waals surface area contributed by atoms with E-state index < -0.39 is 0 Å². The van der Waals surface area contributed by atoms with Gasteiger partial charge in [0.1, 0.15) is 11.3 Å². The zero-order valence-corrected chi connectivity index (χ0v) is 31.5. The maximum Gasteiger partial charge on any atom is 0.164 e. The molecule has 0 radical (unpaired) electrons. The van der Waals surface area contributed by atoms with Gasteiger partial charge in [-0.1, -0.05) is 109 Å². The van der Waals surface area contributed by atoms with E-state index in [-0.39, 0.29) is 5.92 Å². The van der Waals surface area contributed by atoms with E-state index in [2.05, 4.69) is 140 Å². The molecule has 12 rings (SSSR count). The van der Waals surface area contributed by atoms with Crippen LogP contribution in [0.3, 0.4) is 0 Å². The lowest BCUT2D eigenvalue weighted by Crippen LogP contribution is -2.14. The molecule has 0 bridgehead atoms. The highest BCUT2D eigenvalue weighted by molar-refractivity contribution is 7.25. The Balaban J connectivity index is 1.07. The van der Waals surface area contributed by atoms with Crippen LogP contribution < -0.4 is 0 Å². The molecular formula is C49H33N3OS2. The van der Waals surface area contributed by atoms with Gasteiger partial charge in [-0.25, -0.2) is 15.0 Å². The largest absolute Gasteiger partial charge is 0.460 e. The molecule has 8 aromatic rings. The first-order chi connectivity index (χ1) is 27.2. The van der Waals surface area contributed by atoms with Crippen LogP contribution in [0.1, 0.15) is 70.0 Å². The molecule has 4 nitrogen and oxygen atoms in total. The lowest BCUT2D eigenvalue weighted by molar-refractivity contribution is 0.517. The number of nitrogens with zero attached hydrogens (tertiary/aromatic N) is 3. The fourth-order valence-electron chi connectivity index (χ4n) is 9.23. The lowest BCUT2D eigenvalue weighted by Gasteiger charge is -2.24. The number of fused-ring (bicyclic) bond motifs is 10. The summed E-state index contributed by atoms with van der Waals surface area (Å²) in [6.45, 7) is 0. The van der Waals surface area contributed by atoms with Gasteiger partial charge in [-0.15, -0.1) is 22.7 Å². The van der Waals surface area contributed by atoms with E-state index >= 15 is 0 Å². The average molecular weight is 744 g/mol. The third-order valence-electron chi connectivity index (χ3n) is 11.8. The monoisotopic (exact) mass is 743 g/mol. The molecule has 55 heavy (non-hydrogen) atoms. The van der Waals surface area contributed by atoms with Crippen molar-refractivity contribution in [3.8, 4) is 0 Å². The Morgan fingerprint density at radius 2 is 1.44 bits per heavy atom. The molecule has 4 heterocycles. The molecule has 4 aliphatic carbocycles.